The summed E-state index contributed by atoms with van der Waals surface area (Å²) in [6.07, 6.45) is -5.41. The van der Waals surface area contributed by atoms with Crippen LogP contribution in [0.2, 0.25) is 0 Å². The van der Waals surface area contributed by atoms with Crippen molar-refractivity contribution >= 4 is 5.91 Å². The van der Waals surface area contributed by atoms with E-state index in [4.69, 9.17) is 4.74 Å². The summed E-state index contributed by atoms with van der Waals surface area (Å²) in [6.45, 7) is 2.54. The molecule has 0 aliphatic carbocycles. The first kappa shape index (κ1) is 16.1. The Morgan fingerprint density at radius 3 is 2.37 bits per heavy atom. The van der Waals surface area contributed by atoms with E-state index in [1.807, 2.05) is 10.2 Å². The van der Waals surface area contributed by atoms with Crippen LogP contribution in [0.5, 0.6) is 0 Å². The van der Waals surface area contributed by atoms with Gasteiger partial charge in [-0.05, 0) is 0 Å². The summed E-state index contributed by atoms with van der Waals surface area (Å²) in [4.78, 5) is 13.1. The van der Waals surface area contributed by atoms with E-state index in [-0.39, 0.29) is 6.54 Å². The average molecular weight is 288 g/mol. The highest BCUT2D eigenvalue weighted by atomic mass is 19.4. The fourth-order valence-corrected chi connectivity index (χ4v) is 1.60. The van der Waals surface area contributed by atoms with E-state index in [9.17, 15) is 22.4 Å². The Morgan fingerprint density at radius 1 is 1.32 bits per heavy atom. The molecular formula is C10H16F4N2O3. The number of rotatable bonds is 5. The fourth-order valence-electron chi connectivity index (χ4n) is 1.60. The van der Waals surface area contributed by atoms with Crippen LogP contribution in [0, 0.1) is 0 Å². The molecule has 0 aromatic heterocycles. The molecule has 1 N–H and O–H groups in total. The third-order valence-electron chi connectivity index (χ3n) is 2.76. The molecular weight excluding hydrogens is 272 g/mol. The quantitative estimate of drug-likeness (QED) is 0.740. The number of morpholine rings is 1. The normalized spacial score (nSPS) is 20.9. The van der Waals surface area contributed by atoms with Gasteiger partial charge in [-0.25, -0.2) is 0 Å². The molecule has 1 saturated heterocycles. The highest BCUT2D eigenvalue weighted by Crippen LogP contribution is 2.34. The topological polar surface area (TPSA) is 50.8 Å². The van der Waals surface area contributed by atoms with E-state index in [0.717, 1.165) is 0 Å². The number of nitrogens with zero attached hydrogens (tertiary/aromatic N) is 1. The van der Waals surface area contributed by atoms with Gasteiger partial charge in [-0.15, -0.1) is 0 Å². The van der Waals surface area contributed by atoms with E-state index >= 15 is 0 Å². The molecule has 5 nitrogen and oxygen atoms in total. The fraction of sp³-hybridized carbons (Fsp3) is 0.900. The van der Waals surface area contributed by atoms with Gasteiger partial charge in [-0.3, -0.25) is 9.69 Å². The molecule has 19 heavy (non-hydrogen) atoms. The number of carbonyl (C=O) groups excluding carboxylic acids is 1. The molecule has 0 spiro atoms. The zero-order valence-corrected chi connectivity index (χ0v) is 10.4. The number of nitrogens with one attached hydrogen (secondary N) is 1. The average Bonchev–Trinajstić information content (AvgIpc) is 2.37. The predicted octanol–water partition coefficient (Wildman–Crippen LogP) is 0.309. The molecule has 1 atom stereocenters. The molecule has 1 rings (SSSR count). The number of ether oxygens (including phenoxy) is 2. The van der Waals surface area contributed by atoms with Crippen LogP contribution in [0.4, 0.5) is 17.6 Å². The van der Waals surface area contributed by atoms with Crippen molar-refractivity contribution in [3.63, 3.8) is 0 Å². The van der Waals surface area contributed by atoms with Gasteiger partial charge < -0.3 is 14.8 Å². The van der Waals surface area contributed by atoms with Crippen LogP contribution in [-0.2, 0) is 14.3 Å². The van der Waals surface area contributed by atoms with Crippen molar-refractivity contribution in [1.82, 2.24) is 10.2 Å². The summed E-state index contributed by atoms with van der Waals surface area (Å²) in [5.41, 5.74) is 0. The van der Waals surface area contributed by atoms with Crippen molar-refractivity contribution in [1.29, 1.82) is 0 Å². The minimum absolute atomic E-state index is 0.0933. The molecule has 1 amide bonds. The lowest BCUT2D eigenvalue weighted by molar-refractivity contribution is -0.307. The number of amides is 1. The molecule has 1 fully saturated rings. The van der Waals surface area contributed by atoms with Gasteiger partial charge >= 0.3 is 12.0 Å². The van der Waals surface area contributed by atoms with E-state index in [0.29, 0.717) is 40.0 Å². The van der Waals surface area contributed by atoms with Crippen molar-refractivity contribution in [2.45, 2.75) is 12.0 Å². The number of alkyl halides is 4. The maximum absolute atomic E-state index is 13.4. The van der Waals surface area contributed by atoms with E-state index < -0.39 is 17.9 Å². The second-order valence-electron chi connectivity index (χ2n) is 4.01. The van der Waals surface area contributed by atoms with Gasteiger partial charge in [0.1, 0.15) is 0 Å². The van der Waals surface area contributed by atoms with Crippen LogP contribution in [0.3, 0.4) is 0 Å². The highest BCUT2D eigenvalue weighted by molar-refractivity contribution is 5.84. The van der Waals surface area contributed by atoms with Gasteiger partial charge in [0.25, 0.3) is 5.91 Å². The third kappa shape index (κ3) is 4.02. The van der Waals surface area contributed by atoms with Gasteiger partial charge in [0.15, 0.2) is 0 Å². The van der Waals surface area contributed by atoms with Crippen molar-refractivity contribution in [2.24, 2.45) is 0 Å². The molecule has 9 heteroatoms. The Balaban J connectivity index is 2.41. The van der Waals surface area contributed by atoms with Gasteiger partial charge in [0.2, 0.25) is 0 Å². The number of hydrogen-bond donors (Lipinski definition) is 1. The van der Waals surface area contributed by atoms with Crippen molar-refractivity contribution in [3.8, 4) is 0 Å². The minimum atomic E-state index is -5.41. The summed E-state index contributed by atoms with van der Waals surface area (Å²) in [5, 5.41) is 1.89. The van der Waals surface area contributed by atoms with Crippen LogP contribution in [0.15, 0.2) is 0 Å². The first-order valence-electron chi connectivity index (χ1n) is 5.70. The van der Waals surface area contributed by atoms with Crippen molar-refractivity contribution in [3.05, 3.63) is 0 Å². The van der Waals surface area contributed by atoms with Crippen LogP contribution in [0.25, 0.3) is 0 Å². The Bertz CT molecular complexity index is 308. The third-order valence-corrected chi connectivity index (χ3v) is 2.76. The lowest BCUT2D eigenvalue weighted by atomic mass is 10.2. The molecule has 1 aliphatic heterocycles. The lowest BCUT2D eigenvalue weighted by Gasteiger charge is -2.28. The molecule has 0 radical (unpaired) electrons. The number of hydrogen-bond acceptors (Lipinski definition) is 4. The summed E-state index contributed by atoms with van der Waals surface area (Å²) in [5.74, 6) is -6.14. The van der Waals surface area contributed by atoms with E-state index in [1.165, 1.54) is 0 Å². The van der Waals surface area contributed by atoms with Gasteiger partial charge in [-0.1, -0.05) is 0 Å². The molecule has 0 saturated carbocycles. The monoisotopic (exact) mass is 288 g/mol. The molecule has 1 heterocycles. The Labute approximate surface area is 107 Å². The van der Waals surface area contributed by atoms with Gasteiger partial charge in [0.05, 0.1) is 13.2 Å². The number of halogens is 4. The van der Waals surface area contributed by atoms with Gasteiger partial charge in [0, 0.05) is 33.3 Å². The van der Waals surface area contributed by atoms with Crippen LogP contribution in [0.1, 0.15) is 0 Å². The molecule has 112 valence electrons. The van der Waals surface area contributed by atoms with Crippen LogP contribution in [-0.4, -0.2) is 69.3 Å². The predicted molar refractivity (Wildman–Crippen MR) is 57.2 cm³/mol. The molecule has 0 aromatic rings. The Hall–Kier alpha value is -0.930. The molecule has 0 aromatic carbocycles. The van der Waals surface area contributed by atoms with E-state index in [2.05, 4.69) is 4.74 Å². The van der Waals surface area contributed by atoms with Crippen molar-refractivity contribution < 1.29 is 31.8 Å². The first-order chi connectivity index (χ1) is 8.81. The zero-order valence-electron chi connectivity index (χ0n) is 10.4. The SMILES string of the molecule is CO[C@@](F)(C(=O)NCCN1CCOCC1)C(F)(F)F. The first-order valence-corrected chi connectivity index (χ1v) is 5.70. The van der Waals surface area contributed by atoms with E-state index in [1.54, 1.807) is 0 Å². The maximum Gasteiger partial charge on any atom is 0.458 e. The summed E-state index contributed by atoms with van der Waals surface area (Å²) >= 11 is 0. The Kier molecular flexibility index (Phi) is 5.50. The number of carbonyl (C=O) groups is 1. The van der Waals surface area contributed by atoms with Gasteiger partial charge in [-0.2, -0.15) is 17.6 Å². The summed E-state index contributed by atoms with van der Waals surface area (Å²) in [7, 11) is 0.495. The summed E-state index contributed by atoms with van der Waals surface area (Å²) < 4.78 is 59.2. The molecule has 0 bridgehead atoms. The smallest absolute Gasteiger partial charge is 0.379 e. The standard InChI is InChI=1S/C10H16F4N2O3/c1-18-9(11,10(12,13)14)8(17)15-2-3-16-4-6-19-7-5-16/h2-7H2,1H3,(H,15,17)/t9-/m0/s1. The maximum atomic E-state index is 13.4. The Morgan fingerprint density at radius 2 is 1.89 bits per heavy atom. The lowest BCUT2D eigenvalue weighted by Crippen LogP contribution is -2.56. The largest absolute Gasteiger partial charge is 0.458 e. The highest BCUT2D eigenvalue weighted by Gasteiger charge is 2.63. The van der Waals surface area contributed by atoms with Crippen LogP contribution < -0.4 is 5.32 Å². The molecule has 1 aliphatic rings. The second kappa shape index (κ2) is 6.49. The number of methoxy groups -OCH3 is 1. The zero-order chi connectivity index (χ0) is 14.5. The van der Waals surface area contributed by atoms with Crippen molar-refractivity contribution in [2.75, 3.05) is 46.5 Å². The minimum Gasteiger partial charge on any atom is -0.379 e. The second-order valence-corrected chi connectivity index (χ2v) is 4.01. The van der Waals surface area contributed by atoms with Crippen LogP contribution >= 0.6 is 0 Å². The summed E-state index contributed by atoms with van der Waals surface area (Å²) in [6, 6.07) is 0. The molecule has 0 unspecified atom stereocenters.